The van der Waals surface area contributed by atoms with Gasteiger partial charge in [-0.2, -0.15) is 0 Å². The number of nitrogens with two attached hydrogens (primary N) is 1. The molecule has 0 aliphatic heterocycles. The zero-order valence-corrected chi connectivity index (χ0v) is 15.4. The van der Waals surface area contributed by atoms with Gasteiger partial charge in [-0.25, -0.2) is 9.97 Å². The molecule has 4 aromatic rings. The summed E-state index contributed by atoms with van der Waals surface area (Å²) in [6.07, 6.45) is 3.46. The highest BCUT2D eigenvalue weighted by atomic mass is 16.5. The first-order chi connectivity index (χ1) is 13.7. The van der Waals surface area contributed by atoms with Crippen LogP contribution in [0.5, 0.6) is 11.5 Å². The first-order valence-corrected chi connectivity index (χ1v) is 8.81. The summed E-state index contributed by atoms with van der Waals surface area (Å²) < 4.78 is 12.8. The minimum absolute atomic E-state index is 0.0219. The quantitative estimate of drug-likeness (QED) is 0.537. The Morgan fingerprint density at radius 2 is 1.89 bits per heavy atom. The summed E-state index contributed by atoms with van der Waals surface area (Å²) in [4.78, 5) is 8.63. The lowest BCUT2D eigenvalue weighted by Gasteiger charge is -2.08. The van der Waals surface area contributed by atoms with Crippen molar-refractivity contribution < 1.29 is 14.6 Å². The number of aromatic nitrogens is 3. The monoisotopic (exact) mass is 376 g/mol. The van der Waals surface area contributed by atoms with Crippen LogP contribution >= 0.6 is 0 Å². The van der Waals surface area contributed by atoms with E-state index in [9.17, 15) is 0 Å². The van der Waals surface area contributed by atoms with Gasteiger partial charge in [0.15, 0.2) is 5.82 Å². The first kappa shape index (κ1) is 17.8. The van der Waals surface area contributed by atoms with Gasteiger partial charge < -0.3 is 24.9 Å². The van der Waals surface area contributed by atoms with Crippen molar-refractivity contribution in [1.29, 1.82) is 0 Å². The van der Waals surface area contributed by atoms with E-state index in [1.807, 2.05) is 59.3 Å². The predicted molar refractivity (Wildman–Crippen MR) is 108 cm³/mol. The number of aliphatic hydroxyl groups excluding tert-OH is 1. The molecule has 0 saturated heterocycles. The summed E-state index contributed by atoms with van der Waals surface area (Å²) in [5.41, 5.74) is 10.5. The van der Waals surface area contributed by atoms with Crippen molar-refractivity contribution in [3.63, 3.8) is 0 Å². The number of nitrogens with zero attached hydrogens (tertiary/aromatic N) is 3. The van der Waals surface area contributed by atoms with E-state index in [4.69, 9.17) is 20.3 Å². The zero-order chi connectivity index (χ0) is 19.5. The Morgan fingerprint density at radius 1 is 1.07 bits per heavy atom. The molecule has 3 N–H and O–H groups in total. The molecular formula is C21H20N4O3. The minimum atomic E-state index is -0.0219. The molecule has 0 atom stereocenters. The summed E-state index contributed by atoms with van der Waals surface area (Å²) >= 11 is 0. The fourth-order valence-corrected chi connectivity index (χ4v) is 3.15. The molecule has 0 bridgehead atoms. The Labute approximate surface area is 162 Å². The van der Waals surface area contributed by atoms with Gasteiger partial charge in [-0.05, 0) is 29.8 Å². The molecule has 7 nitrogen and oxygen atoms in total. The van der Waals surface area contributed by atoms with Crippen LogP contribution in [0.25, 0.3) is 27.8 Å². The molecular weight excluding hydrogens is 356 g/mol. The second-order valence-electron chi connectivity index (χ2n) is 6.17. The van der Waals surface area contributed by atoms with Gasteiger partial charge in [-0.3, -0.25) is 0 Å². The maximum absolute atomic E-state index is 8.89. The van der Waals surface area contributed by atoms with Crippen LogP contribution < -0.4 is 15.2 Å². The number of benzene rings is 2. The molecule has 0 radical (unpaired) electrons. The summed E-state index contributed by atoms with van der Waals surface area (Å²) in [5, 5.41) is 8.89. The Morgan fingerprint density at radius 3 is 2.64 bits per heavy atom. The van der Waals surface area contributed by atoms with E-state index >= 15 is 0 Å². The van der Waals surface area contributed by atoms with E-state index in [0.29, 0.717) is 11.6 Å². The van der Waals surface area contributed by atoms with Gasteiger partial charge in [0.05, 0.1) is 13.7 Å². The molecule has 0 spiro atoms. The average Bonchev–Trinajstić information content (AvgIpc) is 3.14. The van der Waals surface area contributed by atoms with Crippen LogP contribution in [0.3, 0.4) is 0 Å². The number of aliphatic hydroxyl groups is 1. The number of hydrogen-bond donors (Lipinski definition) is 2. The molecule has 2 aromatic carbocycles. The zero-order valence-electron chi connectivity index (χ0n) is 15.4. The van der Waals surface area contributed by atoms with E-state index in [0.717, 1.165) is 33.6 Å². The molecule has 2 aromatic heterocycles. The van der Waals surface area contributed by atoms with Crippen LogP contribution in [0.4, 0.5) is 5.82 Å². The van der Waals surface area contributed by atoms with Crippen LogP contribution in [-0.2, 0) is 0 Å². The van der Waals surface area contributed by atoms with Crippen molar-refractivity contribution in [1.82, 2.24) is 14.5 Å². The lowest BCUT2D eigenvalue weighted by Crippen LogP contribution is -2.01. The Balaban J connectivity index is 1.85. The molecule has 0 fully saturated rings. The van der Waals surface area contributed by atoms with E-state index in [2.05, 4.69) is 9.97 Å². The highest BCUT2D eigenvalue weighted by Crippen LogP contribution is 2.34. The summed E-state index contributed by atoms with van der Waals surface area (Å²) in [6, 6.07) is 15.4. The summed E-state index contributed by atoms with van der Waals surface area (Å²) in [6.45, 7) is 0.240. The van der Waals surface area contributed by atoms with Crippen molar-refractivity contribution in [3.05, 3.63) is 61.1 Å². The number of ether oxygens (including phenoxy) is 2. The number of rotatable bonds is 6. The minimum Gasteiger partial charge on any atom is -0.497 e. The third kappa shape index (κ3) is 3.23. The molecule has 4 rings (SSSR count). The van der Waals surface area contributed by atoms with Crippen molar-refractivity contribution in [2.75, 3.05) is 26.1 Å². The molecule has 142 valence electrons. The van der Waals surface area contributed by atoms with E-state index in [-0.39, 0.29) is 13.2 Å². The van der Waals surface area contributed by atoms with E-state index in [1.165, 1.54) is 6.33 Å². The number of nitrogen functional groups attached to an aromatic ring is 1. The fraction of sp³-hybridized carbons (Fsp3) is 0.143. The van der Waals surface area contributed by atoms with E-state index < -0.39 is 0 Å². The molecule has 2 heterocycles. The smallest absolute Gasteiger partial charge is 0.151 e. The number of methoxy groups -OCH3 is 1. The Bertz CT molecular complexity index is 1110. The average molecular weight is 376 g/mol. The van der Waals surface area contributed by atoms with Gasteiger partial charge in [0.2, 0.25) is 0 Å². The van der Waals surface area contributed by atoms with Crippen LogP contribution in [0.1, 0.15) is 0 Å². The second-order valence-corrected chi connectivity index (χ2v) is 6.17. The second kappa shape index (κ2) is 7.58. The topological polar surface area (TPSA) is 95.4 Å². The summed E-state index contributed by atoms with van der Waals surface area (Å²) in [7, 11) is 1.64. The molecule has 0 aliphatic rings. The van der Waals surface area contributed by atoms with Crippen LogP contribution in [-0.4, -0.2) is 40.0 Å². The SMILES string of the molecule is COc1cccc(-n2cc(-c3ccc(OCCO)cc3)c3ncnc(N)c32)c1. The van der Waals surface area contributed by atoms with Crippen molar-refractivity contribution in [3.8, 4) is 28.3 Å². The maximum atomic E-state index is 8.89. The van der Waals surface area contributed by atoms with Gasteiger partial charge >= 0.3 is 0 Å². The van der Waals surface area contributed by atoms with Crippen LogP contribution in [0.2, 0.25) is 0 Å². The number of fused-ring (bicyclic) bond motifs is 1. The highest BCUT2D eigenvalue weighted by molar-refractivity contribution is 5.98. The first-order valence-electron chi connectivity index (χ1n) is 8.81. The standard InChI is InChI=1S/C21H20N4O3/c1-27-17-4-2-3-15(11-17)25-12-18(19-20(25)21(22)24-13-23-19)14-5-7-16(8-6-14)28-10-9-26/h2-8,11-13,26H,9-10H2,1H3,(H2,22,23,24). The lowest BCUT2D eigenvalue weighted by molar-refractivity contribution is 0.201. The molecule has 28 heavy (non-hydrogen) atoms. The third-order valence-electron chi connectivity index (χ3n) is 4.46. The molecule has 0 saturated carbocycles. The third-order valence-corrected chi connectivity index (χ3v) is 4.46. The Hall–Kier alpha value is -3.58. The van der Waals surface area contributed by atoms with Gasteiger partial charge in [0.25, 0.3) is 0 Å². The predicted octanol–water partition coefficient (Wildman–Crippen LogP) is 3.05. The Kier molecular flexibility index (Phi) is 4.82. The number of hydrogen-bond acceptors (Lipinski definition) is 6. The van der Waals surface area contributed by atoms with Crippen LogP contribution in [0.15, 0.2) is 61.1 Å². The largest absolute Gasteiger partial charge is 0.497 e. The van der Waals surface area contributed by atoms with Gasteiger partial charge in [-0.1, -0.05) is 18.2 Å². The van der Waals surface area contributed by atoms with Crippen molar-refractivity contribution in [2.45, 2.75) is 0 Å². The lowest BCUT2D eigenvalue weighted by atomic mass is 10.1. The van der Waals surface area contributed by atoms with Crippen molar-refractivity contribution >= 4 is 16.9 Å². The van der Waals surface area contributed by atoms with Gasteiger partial charge in [0.1, 0.15) is 35.5 Å². The van der Waals surface area contributed by atoms with Crippen molar-refractivity contribution in [2.24, 2.45) is 0 Å². The van der Waals surface area contributed by atoms with Gasteiger partial charge in [-0.15, -0.1) is 0 Å². The molecule has 7 heteroatoms. The van der Waals surface area contributed by atoms with E-state index in [1.54, 1.807) is 7.11 Å². The molecule has 0 unspecified atom stereocenters. The molecule has 0 amide bonds. The maximum Gasteiger partial charge on any atom is 0.151 e. The normalized spacial score (nSPS) is 10.9. The fourth-order valence-electron chi connectivity index (χ4n) is 3.15. The summed E-state index contributed by atoms with van der Waals surface area (Å²) in [5.74, 6) is 1.85. The van der Waals surface area contributed by atoms with Gasteiger partial charge in [0, 0.05) is 23.5 Å². The highest BCUT2D eigenvalue weighted by Gasteiger charge is 2.16. The molecule has 0 aliphatic carbocycles. The number of anilines is 1. The van der Waals surface area contributed by atoms with Crippen LogP contribution in [0, 0.1) is 0 Å².